The minimum Gasteiger partial charge on any atom is -0.415 e. The molecular weight excluding hydrogens is 332 g/mol. The van der Waals surface area contributed by atoms with Gasteiger partial charge in [0.15, 0.2) is 0 Å². The molecule has 4 aromatic rings. The van der Waals surface area contributed by atoms with E-state index in [1.807, 2.05) is 37.3 Å². The summed E-state index contributed by atoms with van der Waals surface area (Å²) >= 11 is 1.56. The van der Waals surface area contributed by atoms with Crippen molar-refractivity contribution >= 4 is 32.6 Å². The Morgan fingerprint density at radius 2 is 1.92 bits per heavy atom. The molecule has 0 aliphatic carbocycles. The quantitative estimate of drug-likeness (QED) is 0.535. The molecule has 2 aromatic carbocycles. The number of ether oxygens (including phenoxy) is 1. The standard InChI is InChI=1S/C17H11F2N3OS/c1-9-6-10(16-22-11-4-2-3-5-13(11)24-16)15-12(7-9)21-14(8-20-15)23-17(18)19/h2-8,17H,1H3. The van der Waals surface area contributed by atoms with Crippen LogP contribution in [0.4, 0.5) is 8.78 Å². The number of hydrogen-bond acceptors (Lipinski definition) is 5. The Labute approximate surface area is 139 Å². The zero-order chi connectivity index (χ0) is 16.7. The lowest BCUT2D eigenvalue weighted by Gasteiger charge is -2.07. The maximum atomic E-state index is 12.4. The van der Waals surface area contributed by atoms with Gasteiger partial charge in [-0.3, -0.25) is 0 Å². The number of alkyl halides is 2. The molecular formula is C17H11F2N3OS. The normalized spacial score (nSPS) is 11.5. The van der Waals surface area contributed by atoms with Crippen molar-refractivity contribution in [1.82, 2.24) is 15.0 Å². The number of aromatic nitrogens is 3. The lowest BCUT2D eigenvalue weighted by Crippen LogP contribution is -2.04. The van der Waals surface area contributed by atoms with Crippen molar-refractivity contribution < 1.29 is 13.5 Å². The molecule has 2 heterocycles. The molecule has 7 heteroatoms. The summed E-state index contributed by atoms with van der Waals surface area (Å²) in [6.07, 6.45) is 1.21. The van der Waals surface area contributed by atoms with Crippen LogP contribution in [0.3, 0.4) is 0 Å². The van der Waals surface area contributed by atoms with Crippen LogP contribution in [0.15, 0.2) is 42.6 Å². The first-order valence-corrected chi connectivity index (χ1v) is 8.00. The minimum absolute atomic E-state index is 0.196. The van der Waals surface area contributed by atoms with Gasteiger partial charge in [-0.05, 0) is 36.8 Å². The highest BCUT2D eigenvalue weighted by Crippen LogP contribution is 2.34. The van der Waals surface area contributed by atoms with E-state index in [-0.39, 0.29) is 5.88 Å². The fourth-order valence-corrected chi connectivity index (χ4v) is 3.53. The molecule has 0 spiro atoms. The number of aryl methyl sites for hydroxylation is 1. The van der Waals surface area contributed by atoms with E-state index in [2.05, 4.69) is 19.7 Å². The van der Waals surface area contributed by atoms with Gasteiger partial charge in [0.05, 0.1) is 27.4 Å². The highest BCUT2D eigenvalue weighted by molar-refractivity contribution is 7.21. The molecule has 0 fully saturated rings. The number of nitrogens with zero attached hydrogens (tertiary/aromatic N) is 3. The van der Waals surface area contributed by atoms with Crippen LogP contribution in [0, 0.1) is 6.92 Å². The third kappa shape index (κ3) is 2.67. The van der Waals surface area contributed by atoms with Crippen LogP contribution < -0.4 is 4.74 Å². The minimum atomic E-state index is -2.93. The molecule has 0 atom stereocenters. The van der Waals surface area contributed by atoms with Gasteiger partial charge < -0.3 is 4.74 Å². The van der Waals surface area contributed by atoms with Crippen molar-refractivity contribution in [3.8, 4) is 16.5 Å². The van der Waals surface area contributed by atoms with Gasteiger partial charge in [-0.25, -0.2) is 15.0 Å². The second-order valence-electron chi connectivity index (χ2n) is 5.25. The Kier molecular flexibility index (Phi) is 3.57. The molecule has 0 saturated carbocycles. The molecule has 0 aliphatic heterocycles. The van der Waals surface area contributed by atoms with Crippen LogP contribution in [-0.2, 0) is 0 Å². The second-order valence-corrected chi connectivity index (χ2v) is 6.28. The Morgan fingerprint density at radius 1 is 1.08 bits per heavy atom. The van der Waals surface area contributed by atoms with E-state index >= 15 is 0 Å². The highest BCUT2D eigenvalue weighted by atomic mass is 32.1. The Morgan fingerprint density at radius 3 is 2.71 bits per heavy atom. The number of fused-ring (bicyclic) bond motifs is 2. The van der Waals surface area contributed by atoms with Gasteiger partial charge in [-0.1, -0.05) is 12.1 Å². The smallest absolute Gasteiger partial charge is 0.388 e. The number of thiazole rings is 1. The van der Waals surface area contributed by atoms with Crippen molar-refractivity contribution in [3.05, 3.63) is 48.2 Å². The van der Waals surface area contributed by atoms with Gasteiger partial charge in [-0.15, -0.1) is 11.3 Å². The fraction of sp³-hybridized carbons (Fsp3) is 0.118. The molecule has 4 rings (SSSR count). The van der Waals surface area contributed by atoms with Crippen molar-refractivity contribution in [3.63, 3.8) is 0 Å². The molecule has 0 N–H and O–H groups in total. The van der Waals surface area contributed by atoms with E-state index in [4.69, 9.17) is 0 Å². The zero-order valence-electron chi connectivity index (χ0n) is 12.5. The van der Waals surface area contributed by atoms with E-state index in [0.717, 1.165) is 26.4 Å². The maximum absolute atomic E-state index is 12.4. The number of halogens is 2. The van der Waals surface area contributed by atoms with Crippen LogP contribution in [0.5, 0.6) is 5.88 Å². The SMILES string of the molecule is Cc1cc(-c2nc3ccccc3s2)c2ncc(OC(F)F)nc2c1. The molecule has 0 saturated heterocycles. The van der Waals surface area contributed by atoms with Crippen LogP contribution in [0.2, 0.25) is 0 Å². The molecule has 4 nitrogen and oxygen atoms in total. The van der Waals surface area contributed by atoms with Crippen molar-refractivity contribution in [1.29, 1.82) is 0 Å². The largest absolute Gasteiger partial charge is 0.415 e. The third-order valence-electron chi connectivity index (χ3n) is 3.50. The summed E-state index contributed by atoms with van der Waals surface area (Å²) in [6, 6.07) is 11.6. The molecule has 0 aliphatic rings. The topological polar surface area (TPSA) is 47.9 Å². The summed E-state index contributed by atoms with van der Waals surface area (Å²) < 4.78 is 30.1. The van der Waals surface area contributed by atoms with E-state index in [1.54, 1.807) is 17.4 Å². The summed E-state index contributed by atoms with van der Waals surface area (Å²) in [7, 11) is 0. The molecule has 0 radical (unpaired) electrons. The molecule has 2 aromatic heterocycles. The lowest BCUT2D eigenvalue weighted by atomic mass is 10.1. The van der Waals surface area contributed by atoms with Crippen molar-refractivity contribution in [2.24, 2.45) is 0 Å². The van der Waals surface area contributed by atoms with E-state index in [0.29, 0.717) is 11.0 Å². The highest BCUT2D eigenvalue weighted by Gasteiger charge is 2.14. The van der Waals surface area contributed by atoms with E-state index in [1.165, 1.54) is 6.20 Å². The van der Waals surface area contributed by atoms with Crippen molar-refractivity contribution in [2.75, 3.05) is 0 Å². The summed E-state index contributed by atoms with van der Waals surface area (Å²) in [5.74, 6) is -0.196. The van der Waals surface area contributed by atoms with E-state index in [9.17, 15) is 8.78 Å². The second kappa shape index (κ2) is 5.76. The molecule has 0 unspecified atom stereocenters. The van der Waals surface area contributed by atoms with Gasteiger partial charge in [-0.2, -0.15) is 8.78 Å². The summed E-state index contributed by atoms with van der Waals surface area (Å²) in [5, 5.41) is 0.821. The molecule has 24 heavy (non-hydrogen) atoms. The Balaban J connectivity index is 1.91. The first-order chi connectivity index (χ1) is 11.6. The predicted molar refractivity (Wildman–Crippen MR) is 89.5 cm³/mol. The monoisotopic (exact) mass is 343 g/mol. The molecule has 0 bridgehead atoms. The lowest BCUT2D eigenvalue weighted by molar-refractivity contribution is -0.0528. The first kappa shape index (κ1) is 14.9. The van der Waals surface area contributed by atoms with Crippen molar-refractivity contribution in [2.45, 2.75) is 13.5 Å². The third-order valence-corrected chi connectivity index (χ3v) is 4.57. The van der Waals surface area contributed by atoms with Crippen LogP contribution in [0.25, 0.3) is 31.8 Å². The molecule has 0 amide bonds. The Bertz CT molecular complexity index is 1020. The van der Waals surface area contributed by atoms with Gasteiger partial charge in [0.1, 0.15) is 5.01 Å². The first-order valence-electron chi connectivity index (χ1n) is 7.18. The maximum Gasteiger partial charge on any atom is 0.388 e. The number of para-hydroxylation sites is 1. The fourth-order valence-electron chi connectivity index (χ4n) is 2.55. The Hall–Kier alpha value is -2.67. The van der Waals surface area contributed by atoms with Crippen LogP contribution >= 0.6 is 11.3 Å². The molecule has 120 valence electrons. The average Bonchev–Trinajstić information content (AvgIpc) is 2.97. The van der Waals surface area contributed by atoms with Crippen LogP contribution in [0.1, 0.15) is 5.56 Å². The number of rotatable bonds is 3. The predicted octanol–water partition coefficient (Wildman–Crippen LogP) is 4.82. The van der Waals surface area contributed by atoms with Gasteiger partial charge in [0, 0.05) is 5.56 Å². The zero-order valence-corrected chi connectivity index (χ0v) is 13.3. The summed E-state index contributed by atoms with van der Waals surface area (Å²) in [5.41, 5.74) is 3.81. The van der Waals surface area contributed by atoms with Gasteiger partial charge in [0.2, 0.25) is 5.88 Å². The van der Waals surface area contributed by atoms with E-state index < -0.39 is 6.61 Å². The van der Waals surface area contributed by atoms with Gasteiger partial charge in [0.25, 0.3) is 0 Å². The number of hydrogen-bond donors (Lipinski definition) is 0. The average molecular weight is 343 g/mol. The van der Waals surface area contributed by atoms with Gasteiger partial charge >= 0.3 is 6.61 Å². The summed E-state index contributed by atoms with van der Waals surface area (Å²) in [4.78, 5) is 13.0. The van der Waals surface area contributed by atoms with Crippen LogP contribution in [-0.4, -0.2) is 21.6 Å². The number of benzene rings is 2. The summed E-state index contributed by atoms with van der Waals surface area (Å²) in [6.45, 7) is -1.01.